The van der Waals surface area contributed by atoms with Crippen LogP contribution in [0.5, 0.6) is 5.75 Å². The third-order valence-electron chi connectivity index (χ3n) is 4.40. The predicted molar refractivity (Wildman–Crippen MR) is 106 cm³/mol. The Kier molecular flexibility index (Phi) is 4.26. The lowest BCUT2D eigenvalue weighted by molar-refractivity contribution is 0.475. The Labute approximate surface area is 160 Å². The second-order valence-corrected chi connectivity index (χ2v) is 7.81. The van der Waals surface area contributed by atoms with Gasteiger partial charge in [0.2, 0.25) is 15.5 Å². The normalized spacial score (nSPS) is 11.6. The average molecular weight is 393 g/mol. The molecule has 0 bridgehead atoms. The van der Waals surface area contributed by atoms with Gasteiger partial charge in [-0.1, -0.05) is 24.3 Å². The van der Waals surface area contributed by atoms with Gasteiger partial charge >= 0.3 is 0 Å². The number of phenolic OH excluding ortho intramolecular Hbond substituents is 1. The highest BCUT2D eigenvalue weighted by Gasteiger charge is 2.18. The standard InChI is InChI=1S/C21H15NO5S/c22-28(25,26)16-11-7-14(8-12-16)21-19(13-5-9-15(23)10-6-13)20(24)17-3-1-2-4-18(17)27-21/h1-12,23H,(H2,22,25,26). The van der Waals surface area contributed by atoms with E-state index < -0.39 is 10.0 Å². The Hall–Kier alpha value is -3.42. The van der Waals surface area contributed by atoms with E-state index in [1.807, 2.05) is 0 Å². The molecule has 0 radical (unpaired) electrons. The highest BCUT2D eigenvalue weighted by atomic mass is 32.2. The summed E-state index contributed by atoms with van der Waals surface area (Å²) in [5.74, 6) is 0.378. The van der Waals surface area contributed by atoms with Gasteiger partial charge in [-0.2, -0.15) is 0 Å². The number of phenols is 1. The van der Waals surface area contributed by atoms with Gasteiger partial charge in [0.15, 0.2) is 0 Å². The maximum atomic E-state index is 13.2. The monoisotopic (exact) mass is 393 g/mol. The molecule has 4 aromatic rings. The van der Waals surface area contributed by atoms with Crippen LogP contribution in [0.2, 0.25) is 0 Å². The highest BCUT2D eigenvalue weighted by molar-refractivity contribution is 7.89. The number of sulfonamides is 1. The van der Waals surface area contributed by atoms with Gasteiger partial charge in [0.25, 0.3) is 0 Å². The first-order chi connectivity index (χ1) is 13.3. The third kappa shape index (κ3) is 3.17. The predicted octanol–water partition coefficient (Wildman–Crippen LogP) is 3.48. The average Bonchev–Trinajstić information content (AvgIpc) is 2.68. The van der Waals surface area contributed by atoms with Crippen molar-refractivity contribution in [3.05, 3.63) is 83.0 Å². The van der Waals surface area contributed by atoms with Crippen LogP contribution in [0.4, 0.5) is 0 Å². The number of hydrogen-bond acceptors (Lipinski definition) is 5. The lowest BCUT2D eigenvalue weighted by Gasteiger charge is -2.11. The van der Waals surface area contributed by atoms with E-state index in [2.05, 4.69) is 0 Å². The first-order valence-electron chi connectivity index (χ1n) is 8.33. The number of fused-ring (bicyclic) bond motifs is 1. The molecule has 140 valence electrons. The molecule has 0 fully saturated rings. The van der Waals surface area contributed by atoms with E-state index in [-0.39, 0.29) is 16.1 Å². The lowest BCUT2D eigenvalue weighted by atomic mass is 9.98. The molecule has 0 aliphatic carbocycles. The van der Waals surface area contributed by atoms with Crippen LogP contribution in [0.3, 0.4) is 0 Å². The fourth-order valence-electron chi connectivity index (χ4n) is 3.03. The molecule has 7 heteroatoms. The summed E-state index contributed by atoms with van der Waals surface area (Å²) in [6.07, 6.45) is 0. The number of hydrogen-bond donors (Lipinski definition) is 2. The Morgan fingerprint density at radius 1 is 0.821 bits per heavy atom. The minimum absolute atomic E-state index is 0.0365. The SMILES string of the molecule is NS(=O)(=O)c1ccc(-c2oc3ccccc3c(=O)c2-c2ccc(O)cc2)cc1. The molecule has 0 aliphatic rings. The van der Waals surface area contributed by atoms with Gasteiger partial charge in [-0.05, 0) is 54.1 Å². The number of primary sulfonamides is 1. The van der Waals surface area contributed by atoms with E-state index in [9.17, 15) is 18.3 Å². The lowest BCUT2D eigenvalue weighted by Crippen LogP contribution is -2.12. The quantitative estimate of drug-likeness (QED) is 0.554. The van der Waals surface area contributed by atoms with Crippen molar-refractivity contribution in [1.29, 1.82) is 0 Å². The van der Waals surface area contributed by atoms with E-state index >= 15 is 0 Å². The molecule has 0 saturated heterocycles. The van der Waals surface area contributed by atoms with Crippen LogP contribution < -0.4 is 10.6 Å². The van der Waals surface area contributed by atoms with E-state index in [4.69, 9.17) is 9.56 Å². The van der Waals surface area contributed by atoms with E-state index in [1.54, 1.807) is 36.4 Å². The van der Waals surface area contributed by atoms with Gasteiger partial charge in [-0.3, -0.25) is 4.79 Å². The fraction of sp³-hybridized carbons (Fsp3) is 0. The van der Waals surface area contributed by atoms with Crippen molar-refractivity contribution in [2.75, 3.05) is 0 Å². The van der Waals surface area contributed by atoms with Crippen molar-refractivity contribution in [3.63, 3.8) is 0 Å². The number of benzene rings is 3. The Morgan fingerprint density at radius 2 is 1.43 bits per heavy atom. The number of rotatable bonds is 3. The summed E-state index contributed by atoms with van der Waals surface area (Å²) in [7, 11) is -3.83. The molecule has 3 N–H and O–H groups in total. The first kappa shape index (κ1) is 18.0. The molecule has 3 aromatic carbocycles. The van der Waals surface area contributed by atoms with Crippen LogP contribution in [0.15, 0.2) is 86.9 Å². The number of aromatic hydroxyl groups is 1. The molecule has 0 spiro atoms. The van der Waals surface area contributed by atoms with Crippen LogP contribution in [0, 0.1) is 0 Å². The molecule has 0 aliphatic heterocycles. The third-order valence-corrected chi connectivity index (χ3v) is 5.33. The van der Waals surface area contributed by atoms with Crippen molar-refractivity contribution in [2.45, 2.75) is 4.90 Å². The van der Waals surface area contributed by atoms with Gasteiger partial charge in [-0.15, -0.1) is 0 Å². The largest absolute Gasteiger partial charge is 0.508 e. The van der Waals surface area contributed by atoms with Gasteiger partial charge in [0.1, 0.15) is 17.1 Å². The topological polar surface area (TPSA) is 111 Å². The maximum absolute atomic E-state index is 13.2. The maximum Gasteiger partial charge on any atom is 0.238 e. The van der Waals surface area contributed by atoms with Gasteiger partial charge < -0.3 is 9.52 Å². The van der Waals surface area contributed by atoms with E-state index in [0.29, 0.717) is 33.4 Å². The van der Waals surface area contributed by atoms with E-state index in [1.165, 1.54) is 36.4 Å². The summed E-state index contributed by atoms with van der Waals surface area (Å²) in [5, 5.41) is 15.1. The molecule has 0 saturated carbocycles. The molecule has 0 unspecified atom stereocenters. The molecule has 1 aromatic heterocycles. The second-order valence-electron chi connectivity index (χ2n) is 6.25. The van der Waals surface area contributed by atoms with Crippen LogP contribution in [-0.4, -0.2) is 13.5 Å². The van der Waals surface area contributed by atoms with Crippen LogP contribution in [-0.2, 0) is 10.0 Å². The van der Waals surface area contributed by atoms with E-state index in [0.717, 1.165) is 0 Å². The number of nitrogens with two attached hydrogens (primary N) is 1. The Balaban J connectivity index is 2.03. The summed E-state index contributed by atoms with van der Waals surface area (Å²) in [6.45, 7) is 0. The molecule has 0 amide bonds. The summed E-state index contributed by atoms with van der Waals surface area (Å²) in [6, 6.07) is 18.9. The second kappa shape index (κ2) is 6.63. The molecule has 28 heavy (non-hydrogen) atoms. The van der Waals surface area contributed by atoms with Crippen molar-refractivity contribution < 1.29 is 17.9 Å². The van der Waals surface area contributed by atoms with Gasteiger partial charge in [0, 0.05) is 5.56 Å². The zero-order valence-electron chi connectivity index (χ0n) is 14.5. The summed E-state index contributed by atoms with van der Waals surface area (Å²) in [4.78, 5) is 13.2. The highest BCUT2D eigenvalue weighted by Crippen LogP contribution is 2.33. The number of para-hydroxylation sites is 1. The molecule has 6 nitrogen and oxygen atoms in total. The first-order valence-corrected chi connectivity index (χ1v) is 9.88. The van der Waals surface area contributed by atoms with Gasteiger partial charge in [-0.25, -0.2) is 13.6 Å². The minimum atomic E-state index is -3.83. The van der Waals surface area contributed by atoms with Crippen LogP contribution >= 0.6 is 0 Å². The van der Waals surface area contributed by atoms with Crippen molar-refractivity contribution >= 4 is 21.0 Å². The van der Waals surface area contributed by atoms with Crippen LogP contribution in [0.25, 0.3) is 33.4 Å². The minimum Gasteiger partial charge on any atom is -0.508 e. The van der Waals surface area contributed by atoms with Crippen molar-refractivity contribution in [1.82, 2.24) is 0 Å². The Morgan fingerprint density at radius 3 is 2.07 bits per heavy atom. The summed E-state index contributed by atoms with van der Waals surface area (Å²) >= 11 is 0. The van der Waals surface area contributed by atoms with Gasteiger partial charge in [0.05, 0.1) is 15.8 Å². The summed E-state index contributed by atoms with van der Waals surface area (Å²) < 4.78 is 29.0. The molecular formula is C21H15NO5S. The Bertz CT molecular complexity index is 1340. The van der Waals surface area contributed by atoms with Crippen molar-refractivity contribution in [3.8, 4) is 28.2 Å². The van der Waals surface area contributed by atoms with Crippen LogP contribution in [0.1, 0.15) is 0 Å². The molecule has 0 atom stereocenters. The fourth-order valence-corrected chi connectivity index (χ4v) is 3.55. The zero-order valence-corrected chi connectivity index (χ0v) is 15.3. The smallest absolute Gasteiger partial charge is 0.238 e. The zero-order chi connectivity index (χ0) is 19.9. The molecular weight excluding hydrogens is 378 g/mol. The molecule has 1 heterocycles. The molecule has 4 rings (SSSR count). The van der Waals surface area contributed by atoms with Crippen molar-refractivity contribution in [2.24, 2.45) is 5.14 Å². The summed E-state index contributed by atoms with van der Waals surface area (Å²) in [5.41, 5.74) is 1.61.